The van der Waals surface area contributed by atoms with Crippen LogP contribution >= 0.6 is 23.1 Å². The van der Waals surface area contributed by atoms with Crippen LogP contribution in [-0.2, 0) is 13.0 Å². The maximum absolute atomic E-state index is 12.9. The molecule has 3 aromatic rings. The molecule has 3 heterocycles. The van der Waals surface area contributed by atoms with Gasteiger partial charge < -0.3 is 10.2 Å². The number of benzene rings is 1. The fourth-order valence-electron chi connectivity index (χ4n) is 3.91. The van der Waals surface area contributed by atoms with Crippen molar-refractivity contribution in [2.24, 2.45) is 0 Å². The number of rotatable bonds is 3. The molecular formula is C19H20N6O2S2. The summed E-state index contributed by atoms with van der Waals surface area (Å²) in [4.78, 5) is 32.5. The summed E-state index contributed by atoms with van der Waals surface area (Å²) >= 11 is 2.59. The second kappa shape index (κ2) is 7.68. The molecule has 5 rings (SSSR count). The Morgan fingerprint density at radius 3 is 2.83 bits per heavy atom. The van der Waals surface area contributed by atoms with Gasteiger partial charge in [0.1, 0.15) is 11.0 Å². The molecule has 1 fully saturated rings. The Labute approximate surface area is 175 Å². The van der Waals surface area contributed by atoms with Gasteiger partial charge >= 0.3 is 6.03 Å². The predicted octanol–water partition coefficient (Wildman–Crippen LogP) is 3.41. The lowest BCUT2D eigenvalue weighted by Gasteiger charge is -2.26. The summed E-state index contributed by atoms with van der Waals surface area (Å²) in [5, 5.41) is 6.46. The highest BCUT2D eigenvalue weighted by atomic mass is 32.1. The van der Waals surface area contributed by atoms with E-state index in [1.54, 1.807) is 12.1 Å². The van der Waals surface area contributed by atoms with E-state index >= 15 is 0 Å². The van der Waals surface area contributed by atoms with Crippen molar-refractivity contribution in [1.29, 1.82) is 0 Å². The van der Waals surface area contributed by atoms with Gasteiger partial charge in [0.15, 0.2) is 5.13 Å². The molecule has 1 aliphatic heterocycles. The minimum Gasteiger partial charge on any atom is -0.335 e. The first-order valence-corrected chi connectivity index (χ1v) is 11.3. The van der Waals surface area contributed by atoms with Crippen molar-refractivity contribution in [2.45, 2.75) is 44.7 Å². The van der Waals surface area contributed by atoms with E-state index in [9.17, 15) is 9.59 Å². The van der Waals surface area contributed by atoms with Gasteiger partial charge in [-0.05, 0) is 31.0 Å². The molecule has 0 atom stereocenters. The summed E-state index contributed by atoms with van der Waals surface area (Å²) < 4.78 is 8.40. The van der Waals surface area contributed by atoms with Crippen LogP contribution in [0.3, 0.4) is 0 Å². The van der Waals surface area contributed by atoms with Gasteiger partial charge in [0.05, 0.1) is 24.0 Å². The fraction of sp³-hybridized carbons (Fsp3) is 0.421. The van der Waals surface area contributed by atoms with E-state index in [2.05, 4.69) is 24.4 Å². The Balaban J connectivity index is 1.25. The van der Waals surface area contributed by atoms with Gasteiger partial charge in [-0.25, -0.2) is 9.78 Å². The lowest BCUT2D eigenvalue weighted by atomic mass is 10.1. The van der Waals surface area contributed by atoms with Crippen LogP contribution in [-0.4, -0.2) is 43.2 Å². The number of amides is 3. The molecule has 1 aliphatic carbocycles. The second-order valence-electron chi connectivity index (χ2n) is 7.41. The maximum atomic E-state index is 12.9. The van der Waals surface area contributed by atoms with E-state index in [1.165, 1.54) is 24.2 Å². The lowest BCUT2D eigenvalue weighted by molar-refractivity contribution is 0.0736. The SMILES string of the molecule is O=C(Nc1nc2c(s1)CN(C(=O)c1ccc3nsnc3c1)CC2)NC1CCCC1. The summed E-state index contributed by atoms with van der Waals surface area (Å²) in [5.74, 6) is -0.0209. The standard InChI is InChI=1S/C19H20N6O2S2/c26-17(11-5-6-13-15(9-11)24-29-23-13)25-8-7-14-16(10-25)28-19(21-14)22-18(27)20-12-3-1-2-4-12/h5-6,9,12H,1-4,7-8,10H2,(H2,20,21,22,27). The lowest BCUT2D eigenvalue weighted by Crippen LogP contribution is -2.36. The summed E-state index contributed by atoms with van der Waals surface area (Å²) in [5.41, 5.74) is 3.14. The molecule has 0 bridgehead atoms. The highest BCUT2D eigenvalue weighted by Gasteiger charge is 2.26. The van der Waals surface area contributed by atoms with Gasteiger partial charge in [-0.1, -0.05) is 24.2 Å². The van der Waals surface area contributed by atoms with E-state index in [1.807, 2.05) is 11.0 Å². The number of carbonyl (C=O) groups excluding carboxylic acids is 2. The maximum Gasteiger partial charge on any atom is 0.321 e. The second-order valence-corrected chi connectivity index (χ2v) is 9.03. The number of aromatic nitrogens is 3. The number of thiazole rings is 1. The first-order valence-electron chi connectivity index (χ1n) is 9.73. The number of nitrogens with one attached hydrogen (secondary N) is 2. The molecule has 2 N–H and O–H groups in total. The molecule has 2 aromatic heterocycles. The third-order valence-electron chi connectivity index (χ3n) is 5.43. The zero-order chi connectivity index (χ0) is 19.8. The minimum absolute atomic E-state index is 0.0209. The average Bonchev–Trinajstić information content (AvgIpc) is 3.46. The first-order chi connectivity index (χ1) is 14.2. The van der Waals surface area contributed by atoms with Gasteiger partial charge in [-0.15, -0.1) is 0 Å². The zero-order valence-electron chi connectivity index (χ0n) is 15.7. The summed E-state index contributed by atoms with van der Waals surface area (Å²) in [6, 6.07) is 5.50. The van der Waals surface area contributed by atoms with Gasteiger partial charge in [0.25, 0.3) is 5.91 Å². The number of hydrogen-bond donors (Lipinski definition) is 2. The van der Waals surface area contributed by atoms with Crippen LogP contribution in [0.25, 0.3) is 11.0 Å². The van der Waals surface area contributed by atoms with Crippen molar-refractivity contribution in [3.63, 3.8) is 0 Å². The normalized spacial score (nSPS) is 16.8. The number of carbonyl (C=O) groups is 2. The summed E-state index contributed by atoms with van der Waals surface area (Å²) in [6.45, 7) is 1.11. The molecule has 8 nitrogen and oxygen atoms in total. The fourth-order valence-corrected chi connectivity index (χ4v) is 5.45. The molecule has 0 spiro atoms. The molecule has 150 valence electrons. The molecule has 3 amide bonds. The van der Waals surface area contributed by atoms with Crippen molar-refractivity contribution in [3.05, 3.63) is 34.3 Å². The molecule has 0 saturated heterocycles. The first kappa shape index (κ1) is 18.4. The Hall–Kier alpha value is -2.59. The Kier molecular flexibility index (Phi) is 4.88. The van der Waals surface area contributed by atoms with Gasteiger partial charge in [-0.2, -0.15) is 8.75 Å². The van der Waals surface area contributed by atoms with Gasteiger partial charge in [-0.3, -0.25) is 10.1 Å². The third-order valence-corrected chi connectivity index (χ3v) is 6.98. The summed E-state index contributed by atoms with van der Waals surface area (Å²) in [7, 11) is 0. The van der Waals surface area contributed by atoms with Crippen LogP contribution in [0.1, 0.15) is 46.6 Å². The number of fused-ring (bicyclic) bond motifs is 2. The molecular weight excluding hydrogens is 408 g/mol. The number of nitrogens with zero attached hydrogens (tertiary/aromatic N) is 4. The Bertz CT molecular complexity index is 1070. The van der Waals surface area contributed by atoms with Crippen molar-refractivity contribution in [3.8, 4) is 0 Å². The molecule has 29 heavy (non-hydrogen) atoms. The molecule has 0 unspecified atom stereocenters. The van der Waals surface area contributed by atoms with Crippen LogP contribution in [0.15, 0.2) is 18.2 Å². The van der Waals surface area contributed by atoms with Crippen molar-refractivity contribution >= 4 is 51.2 Å². The van der Waals surface area contributed by atoms with Crippen molar-refractivity contribution in [1.82, 2.24) is 23.9 Å². The molecule has 0 radical (unpaired) electrons. The Morgan fingerprint density at radius 1 is 1.14 bits per heavy atom. The number of urea groups is 1. The van der Waals surface area contributed by atoms with Crippen LogP contribution in [0, 0.1) is 0 Å². The molecule has 10 heteroatoms. The topological polar surface area (TPSA) is 100 Å². The van der Waals surface area contributed by atoms with Gasteiger partial charge in [0.2, 0.25) is 0 Å². The average molecular weight is 429 g/mol. The number of hydrogen-bond acceptors (Lipinski definition) is 7. The van der Waals surface area contributed by atoms with Crippen LogP contribution in [0.5, 0.6) is 0 Å². The largest absolute Gasteiger partial charge is 0.335 e. The van der Waals surface area contributed by atoms with E-state index in [0.29, 0.717) is 30.2 Å². The van der Waals surface area contributed by atoms with E-state index in [4.69, 9.17) is 0 Å². The van der Waals surface area contributed by atoms with E-state index < -0.39 is 0 Å². The van der Waals surface area contributed by atoms with Crippen molar-refractivity contribution < 1.29 is 9.59 Å². The number of anilines is 1. The van der Waals surface area contributed by atoms with Crippen LogP contribution in [0.4, 0.5) is 9.93 Å². The minimum atomic E-state index is -0.193. The highest BCUT2D eigenvalue weighted by molar-refractivity contribution is 7.15. The van der Waals surface area contributed by atoms with Crippen LogP contribution < -0.4 is 10.6 Å². The van der Waals surface area contributed by atoms with Gasteiger partial charge in [0, 0.05) is 29.4 Å². The Morgan fingerprint density at radius 2 is 1.97 bits per heavy atom. The molecule has 1 aromatic carbocycles. The molecule has 1 saturated carbocycles. The van der Waals surface area contributed by atoms with Crippen LogP contribution in [0.2, 0.25) is 0 Å². The van der Waals surface area contributed by atoms with E-state index in [-0.39, 0.29) is 18.0 Å². The zero-order valence-corrected chi connectivity index (χ0v) is 17.3. The smallest absolute Gasteiger partial charge is 0.321 e. The highest BCUT2D eigenvalue weighted by Crippen LogP contribution is 2.29. The van der Waals surface area contributed by atoms with E-state index in [0.717, 1.165) is 46.2 Å². The summed E-state index contributed by atoms with van der Waals surface area (Å²) in [6.07, 6.45) is 5.12. The van der Waals surface area contributed by atoms with Crippen molar-refractivity contribution in [2.75, 3.05) is 11.9 Å². The quantitative estimate of drug-likeness (QED) is 0.666. The molecule has 2 aliphatic rings. The third kappa shape index (κ3) is 3.82. The predicted molar refractivity (Wildman–Crippen MR) is 112 cm³/mol. The monoisotopic (exact) mass is 428 g/mol.